The molecule has 0 fully saturated rings. The zero-order chi connectivity index (χ0) is 24.1. The van der Waals surface area contributed by atoms with E-state index in [-0.39, 0.29) is 12.8 Å². The van der Waals surface area contributed by atoms with Crippen molar-refractivity contribution in [1.82, 2.24) is 10.3 Å². The molecule has 1 aromatic heterocycles. The average Bonchev–Trinajstić information content (AvgIpc) is 3.23. The van der Waals surface area contributed by atoms with Gasteiger partial charge in [0.2, 0.25) is 11.8 Å². The zero-order valence-corrected chi connectivity index (χ0v) is 19.0. The van der Waals surface area contributed by atoms with Crippen LogP contribution in [-0.4, -0.2) is 33.9 Å². The number of aromatic nitrogens is 1. The van der Waals surface area contributed by atoms with Crippen LogP contribution in [0.5, 0.6) is 0 Å². The van der Waals surface area contributed by atoms with Crippen molar-refractivity contribution in [3.05, 3.63) is 89.4 Å². The summed E-state index contributed by atoms with van der Waals surface area (Å²) < 4.78 is 0.938. The van der Waals surface area contributed by atoms with Gasteiger partial charge in [0.15, 0.2) is 0 Å². The minimum atomic E-state index is -1.30. The Balaban J connectivity index is 1.52. The van der Waals surface area contributed by atoms with Gasteiger partial charge in [0, 0.05) is 12.3 Å². The van der Waals surface area contributed by atoms with E-state index in [2.05, 4.69) is 10.3 Å². The molecule has 2 atom stereocenters. The summed E-state index contributed by atoms with van der Waals surface area (Å²) in [5.74, 6) is -3.15. The fraction of sp³-hybridized carbons (Fsp3) is 0.154. The summed E-state index contributed by atoms with van der Waals surface area (Å²) in [7, 11) is 0. The number of hydrogen-bond donors (Lipinski definition) is 3. The third kappa shape index (κ3) is 5.47. The number of primary amides is 1. The van der Waals surface area contributed by atoms with Crippen molar-refractivity contribution in [2.75, 3.05) is 0 Å². The fourth-order valence-corrected chi connectivity index (χ4v) is 4.85. The van der Waals surface area contributed by atoms with E-state index in [1.165, 1.54) is 11.3 Å². The van der Waals surface area contributed by atoms with Gasteiger partial charge >= 0.3 is 5.97 Å². The summed E-state index contributed by atoms with van der Waals surface area (Å²) in [4.78, 5) is 41.0. The molecule has 172 valence electrons. The van der Waals surface area contributed by atoms with Crippen molar-refractivity contribution < 1.29 is 19.5 Å². The van der Waals surface area contributed by atoms with Crippen LogP contribution in [-0.2, 0) is 20.8 Å². The van der Waals surface area contributed by atoms with Gasteiger partial charge in [-0.05, 0) is 28.8 Å². The molecule has 8 heteroatoms. The molecule has 4 rings (SSSR count). The highest BCUT2D eigenvalue weighted by Gasteiger charge is 2.32. The number of nitrogens with zero attached hydrogens (tertiary/aromatic N) is 1. The highest BCUT2D eigenvalue weighted by atomic mass is 32.1. The van der Waals surface area contributed by atoms with E-state index >= 15 is 0 Å². The molecule has 1 unspecified atom stereocenters. The van der Waals surface area contributed by atoms with Gasteiger partial charge in [-0.25, -0.2) is 9.78 Å². The van der Waals surface area contributed by atoms with E-state index < -0.39 is 29.7 Å². The lowest BCUT2D eigenvalue weighted by atomic mass is 9.88. The molecule has 1 heterocycles. The summed E-state index contributed by atoms with van der Waals surface area (Å²) in [5, 5.41) is 13.0. The third-order valence-electron chi connectivity index (χ3n) is 5.48. The van der Waals surface area contributed by atoms with E-state index in [4.69, 9.17) is 5.73 Å². The van der Waals surface area contributed by atoms with Crippen molar-refractivity contribution in [1.29, 1.82) is 0 Å². The Hall–Kier alpha value is -4.04. The number of nitrogens with one attached hydrogen (secondary N) is 1. The first-order valence-electron chi connectivity index (χ1n) is 10.7. The Kier molecular flexibility index (Phi) is 6.98. The Labute approximate surface area is 200 Å². The molecule has 0 bridgehead atoms. The minimum absolute atomic E-state index is 0.0676. The molecule has 4 aromatic rings. The number of amides is 2. The second kappa shape index (κ2) is 10.3. The van der Waals surface area contributed by atoms with E-state index in [9.17, 15) is 19.5 Å². The van der Waals surface area contributed by atoms with Crippen LogP contribution in [0.1, 0.15) is 22.9 Å². The van der Waals surface area contributed by atoms with Crippen molar-refractivity contribution in [3.63, 3.8) is 0 Å². The molecule has 4 N–H and O–H groups in total. The Morgan fingerprint density at radius 1 is 0.941 bits per heavy atom. The van der Waals surface area contributed by atoms with Gasteiger partial charge in [-0.2, -0.15) is 0 Å². The first-order chi connectivity index (χ1) is 16.4. The number of carboxylic acid groups (broad SMARTS) is 1. The lowest BCUT2D eigenvalue weighted by molar-refractivity contribution is -0.142. The molecule has 0 spiro atoms. The first kappa shape index (κ1) is 23.1. The number of carboxylic acids is 1. The molecular formula is C26H23N3O4S. The maximum absolute atomic E-state index is 12.8. The van der Waals surface area contributed by atoms with Crippen molar-refractivity contribution in [2.24, 2.45) is 5.73 Å². The Morgan fingerprint density at radius 3 is 2.26 bits per heavy atom. The summed E-state index contributed by atoms with van der Waals surface area (Å²) >= 11 is 1.39. The van der Waals surface area contributed by atoms with Crippen LogP contribution < -0.4 is 11.1 Å². The van der Waals surface area contributed by atoms with Crippen LogP contribution in [0.25, 0.3) is 21.3 Å². The Morgan fingerprint density at radius 2 is 1.62 bits per heavy atom. The molecule has 0 saturated heterocycles. The summed E-state index contributed by atoms with van der Waals surface area (Å²) in [6.45, 7) is 0. The van der Waals surface area contributed by atoms with Crippen molar-refractivity contribution in [2.45, 2.75) is 24.8 Å². The predicted octanol–water partition coefficient (Wildman–Crippen LogP) is 3.73. The number of fused-ring (bicyclic) bond motifs is 1. The van der Waals surface area contributed by atoms with E-state index in [1.807, 2.05) is 48.5 Å². The first-order valence-corrected chi connectivity index (χ1v) is 11.5. The van der Waals surface area contributed by atoms with Crippen LogP contribution in [0.3, 0.4) is 0 Å². The number of carbonyl (C=O) groups is 3. The van der Waals surface area contributed by atoms with Gasteiger partial charge in [0.05, 0.1) is 16.6 Å². The molecule has 3 aromatic carbocycles. The van der Waals surface area contributed by atoms with Gasteiger partial charge < -0.3 is 16.2 Å². The minimum Gasteiger partial charge on any atom is -0.480 e. The second-order valence-electron chi connectivity index (χ2n) is 7.90. The number of aliphatic carboxylic acids is 1. The Bertz CT molecular complexity index is 1320. The summed E-state index contributed by atoms with van der Waals surface area (Å²) in [5.41, 5.74) is 8.86. The van der Waals surface area contributed by atoms with Crippen LogP contribution in [0.15, 0.2) is 78.9 Å². The molecule has 0 saturated carbocycles. The standard InChI is InChI=1S/C26H23N3O4S/c27-22(30)14-19(17-9-5-2-6-10-17)25(26(32)33)29-23(31)15-24-28-20-13-18(11-12-21(20)34-24)16-7-3-1-4-8-16/h1-13,19,25H,14-15H2,(H2,27,30)(H,29,31)(H,32,33)/t19?,25-/m0/s1. The number of benzene rings is 3. The molecule has 0 radical (unpaired) electrons. The molecule has 0 aliphatic carbocycles. The average molecular weight is 474 g/mol. The molecule has 7 nitrogen and oxygen atoms in total. The maximum atomic E-state index is 12.8. The summed E-state index contributed by atoms with van der Waals surface area (Å²) in [6.07, 6.45) is -0.271. The number of nitrogens with two attached hydrogens (primary N) is 1. The highest BCUT2D eigenvalue weighted by Crippen LogP contribution is 2.28. The predicted molar refractivity (Wildman–Crippen MR) is 131 cm³/mol. The molecular weight excluding hydrogens is 450 g/mol. The van der Waals surface area contributed by atoms with Gasteiger partial charge in [-0.3, -0.25) is 9.59 Å². The molecule has 2 amide bonds. The van der Waals surface area contributed by atoms with Gasteiger partial charge in [0.1, 0.15) is 11.0 Å². The lowest BCUT2D eigenvalue weighted by Gasteiger charge is -2.24. The van der Waals surface area contributed by atoms with Gasteiger partial charge in [0.25, 0.3) is 0 Å². The largest absolute Gasteiger partial charge is 0.480 e. The number of thiazole rings is 1. The number of rotatable bonds is 9. The normalized spacial score (nSPS) is 12.7. The molecule has 0 aliphatic heterocycles. The highest BCUT2D eigenvalue weighted by molar-refractivity contribution is 7.18. The summed E-state index contributed by atoms with van der Waals surface area (Å²) in [6, 6.07) is 23.3. The van der Waals surface area contributed by atoms with Crippen LogP contribution in [0, 0.1) is 0 Å². The second-order valence-corrected chi connectivity index (χ2v) is 9.02. The number of carbonyl (C=O) groups excluding carboxylic acids is 2. The molecule has 0 aliphatic rings. The lowest BCUT2D eigenvalue weighted by Crippen LogP contribution is -2.46. The van der Waals surface area contributed by atoms with E-state index in [0.29, 0.717) is 10.6 Å². The van der Waals surface area contributed by atoms with E-state index in [0.717, 1.165) is 21.3 Å². The van der Waals surface area contributed by atoms with Crippen molar-refractivity contribution in [3.8, 4) is 11.1 Å². The van der Waals surface area contributed by atoms with Crippen LogP contribution in [0.2, 0.25) is 0 Å². The monoisotopic (exact) mass is 473 g/mol. The van der Waals surface area contributed by atoms with E-state index in [1.54, 1.807) is 30.3 Å². The van der Waals surface area contributed by atoms with Crippen molar-refractivity contribution >= 4 is 39.3 Å². The molecule has 34 heavy (non-hydrogen) atoms. The fourth-order valence-electron chi connectivity index (χ4n) is 3.90. The van der Waals surface area contributed by atoms with Crippen LogP contribution in [0.4, 0.5) is 0 Å². The smallest absolute Gasteiger partial charge is 0.326 e. The zero-order valence-electron chi connectivity index (χ0n) is 18.2. The SMILES string of the molecule is NC(=O)CC(c1ccccc1)[C@H](NC(=O)Cc1nc2cc(-c3ccccc3)ccc2s1)C(=O)O. The quantitative estimate of drug-likeness (QED) is 0.342. The third-order valence-corrected chi connectivity index (χ3v) is 6.52. The van der Waals surface area contributed by atoms with Crippen LogP contribution >= 0.6 is 11.3 Å². The maximum Gasteiger partial charge on any atom is 0.326 e. The van der Waals surface area contributed by atoms with Gasteiger partial charge in [-0.15, -0.1) is 11.3 Å². The topological polar surface area (TPSA) is 122 Å². The number of hydrogen-bond acceptors (Lipinski definition) is 5. The van der Waals surface area contributed by atoms with Gasteiger partial charge in [-0.1, -0.05) is 66.7 Å².